The number of pyridine rings is 2. The molecule has 0 unspecified atom stereocenters. The lowest BCUT2D eigenvalue weighted by Crippen LogP contribution is -2.29. The summed E-state index contributed by atoms with van der Waals surface area (Å²) < 4.78 is 2.01. The number of rotatable bonds is 6. The molecule has 1 fully saturated rings. The molecule has 32 heavy (non-hydrogen) atoms. The van der Waals surface area contributed by atoms with Gasteiger partial charge in [-0.3, -0.25) is 4.79 Å². The van der Waals surface area contributed by atoms with Gasteiger partial charge in [0.1, 0.15) is 17.1 Å². The number of carbonyl (C=O) groups is 2. The second-order valence-corrected chi connectivity index (χ2v) is 9.37. The van der Waals surface area contributed by atoms with Gasteiger partial charge in [0.15, 0.2) is 5.65 Å². The first-order valence-electron chi connectivity index (χ1n) is 11.1. The molecule has 168 valence electrons. The quantitative estimate of drug-likeness (QED) is 0.535. The number of hydrogen-bond donors (Lipinski definition) is 1. The highest BCUT2D eigenvalue weighted by atomic mass is 35.5. The predicted octanol–water partition coefficient (Wildman–Crippen LogP) is 5.45. The number of halogens is 1. The number of carbonyl (C=O) groups excluding carboxylic acids is 2. The summed E-state index contributed by atoms with van der Waals surface area (Å²) >= 11 is 6.44. The van der Waals surface area contributed by atoms with Crippen molar-refractivity contribution in [2.24, 2.45) is 11.8 Å². The van der Waals surface area contributed by atoms with Crippen LogP contribution >= 0.6 is 11.6 Å². The molecule has 1 saturated carbocycles. The van der Waals surface area contributed by atoms with Crippen LogP contribution in [0.4, 0.5) is 5.82 Å². The number of aromatic nitrogens is 4. The Bertz CT molecular complexity index is 1160. The van der Waals surface area contributed by atoms with E-state index in [4.69, 9.17) is 16.6 Å². The summed E-state index contributed by atoms with van der Waals surface area (Å²) in [6, 6.07) is 5.79. The van der Waals surface area contributed by atoms with E-state index in [1.54, 1.807) is 19.3 Å². The summed E-state index contributed by atoms with van der Waals surface area (Å²) in [6.07, 6.45) is 7.42. The molecule has 0 bridgehead atoms. The maximum Gasteiger partial charge on any atom is 0.228 e. The van der Waals surface area contributed by atoms with Crippen molar-refractivity contribution in [3.05, 3.63) is 35.7 Å². The Morgan fingerprint density at radius 3 is 2.81 bits per heavy atom. The molecule has 7 nitrogen and oxygen atoms in total. The van der Waals surface area contributed by atoms with Crippen LogP contribution in [-0.4, -0.2) is 31.2 Å². The molecular formula is C24H28ClN5O2. The minimum absolute atomic E-state index is 0.0553. The van der Waals surface area contributed by atoms with Gasteiger partial charge in [-0.05, 0) is 64.2 Å². The summed E-state index contributed by atoms with van der Waals surface area (Å²) in [5.74, 6) is 0.752. The Balaban J connectivity index is 1.55. The topological polar surface area (TPSA) is 89.8 Å². The zero-order chi connectivity index (χ0) is 22.8. The van der Waals surface area contributed by atoms with E-state index in [9.17, 15) is 9.59 Å². The standard InChI is InChI=1S/C24H28ClN5O2/c1-14(2)30-13-27-21-8-7-20(28-23(21)30)18-11-22(26-12-19(18)25)29-24(32)17-6-4-5-16(10-17)9-15(3)31/h7-8,11-14,16-17H,4-6,9-10H2,1-3H3,(H,26,29,32)/t16-,17-/m0/s1. The lowest BCUT2D eigenvalue weighted by Gasteiger charge is -2.27. The monoisotopic (exact) mass is 453 g/mol. The lowest BCUT2D eigenvalue weighted by molar-refractivity contribution is -0.123. The molecule has 8 heteroatoms. The third-order valence-corrected chi connectivity index (χ3v) is 6.39. The van der Waals surface area contributed by atoms with Crippen LogP contribution in [0.1, 0.15) is 58.9 Å². The number of amides is 1. The molecule has 1 aliphatic rings. The molecule has 3 aromatic rings. The smallest absolute Gasteiger partial charge is 0.228 e. The number of ketones is 1. The summed E-state index contributed by atoms with van der Waals surface area (Å²) in [5, 5.41) is 3.41. The first-order valence-corrected chi connectivity index (χ1v) is 11.5. The number of Topliss-reactive ketones (excluding diaryl/α,β-unsaturated/α-hetero) is 1. The molecule has 0 aliphatic heterocycles. The van der Waals surface area contributed by atoms with Crippen molar-refractivity contribution in [3.63, 3.8) is 0 Å². The number of nitrogens with one attached hydrogen (secondary N) is 1. The molecule has 3 heterocycles. The molecule has 0 aromatic carbocycles. The van der Waals surface area contributed by atoms with Gasteiger partial charge in [0.05, 0.1) is 17.0 Å². The molecule has 4 rings (SSSR count). The van der Waals surface area contributed by atoms with Gasteiger partial charge in [0.2, 0.25) is 5.91 Å². The van der Waals surface area contributed by atoms with Gasteiger partial charge in [-0.1, -0.05) is 18.0 Å². The van der Waals surface area contributed by atoms with Crippen molar-refractivity contribution in [2.75, 3.05) is 5.32 Å². The number of nitrogens with zero attached hydrogens (tertiary/aromatic N) is 4. The number of anilines is 1. The lowest BCUT2D eigenvalue weighted by atomic mass is 9.79. The normalized spacial score (nSPS) is 18.8. The fraction of sp³-hybridized carbons (Fsp3) is 0.458. The van der Waals surface area contributed by atoms with E-state index in [-0.39, 0.29) is 29.6 Å². The Kier molecular flexibility index (Phi) is 6.55. The predicted molar refractivity (Wildman–Crippen MR) is 126 cm³/mol. The van der Waals surface area contributed by atoms with Gasteiger partial charge in [-0.25, -0.2) is 15.0 Å². The van der Waals surface area contributed by atoms with Crippen LogP contribution in [-0.2, 0) is 9.59 Å². The number of imidazole rings is 1. The first-order chi connectivity index (χ1) is 15.3. The highest BCUT2D eigenvalue weighted by Gasteiger charge is 2.28. The van der Waals surface area contributed by atoms with E-state index in [0.717, 1.165) is 36.8 Å². The molecule has 0 saturated heterocycles. The summed E-state index contributed by atoms with van der Waals surface area (Å²) in [4.78, 5) is 37.9. The van der Waals surface area contributed by atoms with Crippen LogP contribution < -0.4 is 5.32 Å². The van der Waals surface area contributed by atoms with Gasteiger partial charge in [0.25, 0.3) is 0 Å². The van der Waals surface area contributed by atoms with Gasteiger partial charge in [0, 0.05) is 30.1 Å². The second-order valence-electron chi connectivity index (χ2n) is 8.96. The van der Waals surface area contributed by atoms with E-state index < -0.39 is 0 Å². The summed E-state index contributed by atoms with van der Waals surface area (Å²) in [7, 11) is 0. The van der Waals surface area contributed by atoms with E-state index >= 15 is 0 Å². The fourth-order valence-corrected chi connectivity index (χ4v) is 4.69. The molecule has 1 N–H and O–H groups in total. The SMILES string of the molecule is CC(=O)C[C@@H]1CCC[C@H](C(=O)Nc2cc(-c3ccc4ncn(C(C)C)c4n3)c(Cl)cn2)C1. The van der Waals surface area contributed by atoms with E-state index in [0.29, 0.717) is 28.5 Å². The molecule has 3 aromatic heterocycles. The third-order valence-electron chi connectivity index (χ3n) is 6.09. The van der Waals surface area contributed by atoms with Crippen LogP contribution in [0.25, 0.3) is 22.4 Å². The second kappa shape index (κ2) is 9.36. The Morgan fingerprint density at radius 1 is 1.25 bits per heavy atom. The van der Waals surface area contributed by atoms with Crippen molar-refractivity contribution < 1.29 is 9.59 Å². The fourth-order valence-electron chi connectivity index (χ4n) is 4.49. The van der Waals surface area contributed by atoms with Crippen LogP contribution in [0.3, 0.4) is 0 Å². The minimum atomic E-state index is -0.108. The molecule has 1 amide bonds. The third kappa shape index (κ3) is 4.83. The summed E-state index contributed by atoms with van der Waals surface area (Å²) in [5.41, 5.74) is 3.00. The maximum absolute atomic E-state index is 12.9. The van der Waals surface area contributed by atoms with Crippen molar-refractivity contribution in [3.8, 4) is 11.3 Å². The van der Waals surface area contributed by atoms with Gasteiger partial charge < -0.3 is 14.7 Å². The van der Waals surface area contributed by atoms with Crippen LogP contribution in [0.2, 0.25) is 5.02 Å². The van der Waals surface area contributed by atoms with Crippen LogP contribution in [0.15, 0.2) is 30.7 Å². The Hall–Kier alpha value is -2.80. The highest BCUT2D eigenvalue weighted by molar-refractivity contribution is 6.33. The van der Waals surface area contributed by atoms with E-state index in [1.807, 2.05) is 16.7 Å². The Labute approximate surface area is 192 Å². The Morgan fingerprint density at radius 2 is 2.06 bits per heavy atom. The summed E-state index contributed by atoms with van der Waals surface area (Å²) in [6.45, 7) is 5.77. The zero-order valence-corrected chi connectivity index (χ0v) is 19.4. The maximum atomic E-state index is 12.9. The zero-order valence-electron chi connectivity index (χ0n) is 18.6. The van der Waals surface area contributed by atoms with Crippen molar-refractivity contribution in [1.82, 2.24) is 19.5 Å². The van der Waals surface area contributed by atoms with Gasteiger partial charge >= 0.3 is 0 Å². The first kappa shape index (κ1) is 22.4. The number of fused-ring (bicyclic) bond motifs is 1. The van der Waals surface area contributed by atoms with Gasteiger partial charge in [-0.2, -0.15) is 0 Å². The minimum Gasteiger partial charge on any atom is -0.313 e. The van der Waals surface area contributed by atoms with Crippen molar-refractivity contribution in [2.45, 2.75) is 58.9 Å². The molecule has 0 radical (unpaired) electrons. The van der Waals surface area contributed by atoms with Crippen LogP contribution in [0.5, 0.6) is 0 Å². The van der Waals surface area contributed by atoms with E-state index in [2.05, 4.69) is 29.1 Å². The van der Waals surface area contributed by atoms with E-state index in [1.165, 1.54) is 6.20 Å². The largest absolute Gasteiger partial charge is 0.313 e. The number of hydrogen-bond acceptors (Lipinski definition) is 5. The molecule has 2 atom stereocenters. The van der Waals surface area contributed by atoms with Gasteiger partial charge in [-0.15, -0.1) is 0 Å². The average molecular weight is 454 g/mol. The average Bonchev–Trinajstić information content (AvgIpc) is 3.18. The highest BCUT2D eigenvalue weighted by Crippen LogP contribution is 2.33. The van der Waals surface area contributed by atoms with Crippen molar-refractivity contribution >= 4 is 40.3 Å². The molecule has 1 aliphatic carbocycles. The molecule has 0 spiro atoms. The van der Waals surface area contributed by atoms with Crippen LogP contribution in [0, 0.1) is 11.8 Å². The van der Waals surface area contributed by atoms with Crippen molar-refractivity contribution in [1.29, 1.82) is 0 Å². The molecular weight excluding hydrogens is 426 g/mol.